The van der Waals surface area contributed by atoms with Gasteiger partial charge in [0.15, 0.2) is 11.5 Å². The van der Waals surface area contributed by atoms with Gasteiger partial charge in [-0.05, 0) is 24.6 Å². The van der Waals surface area contributed by atoms with E-state index in [1.807, 2.05) is 6.92 Å². The van der Waals surface area contributed by atoms with Gasteiger partial charge < -0.3 is 24.8 Å². The lowest BCUT2D eigenvalue weighted by atomic mass is 10.0. The minimum atomic E-state index is -0.224. The van der Waals surface area contributed by atoms with Gasteiger partial charge in [-0.1, -0.05) is 6.07 Å². The number of amides is 1. The number of phenols is 1. The second kappa shape index (κ2) is 6.32. The van der Waals surface area contributed by atoms with Crippen molar-refractivity contribution in [2.24, 2.45) is 0 Å². The minimum Gasteiger partial charge on any atom is -0.504 e. The van der Waals surface area contributed by atoms with Crippen LogP contribution in [0.15, 0.2) is 18.2 Å². The highest BCUT2D eigenvalue weighted by Crippen LogP contribution is 2.26. The molecule has 0 aromatic heterocycles. The molecule has 0 spiro atoms. The number of rotatable bonds is 6. The summed E-state index contributed by atoms with van der Waals surface area (Å²) < 4.78 is 10.7. The number of aromatic hydroxyl groups is 1. The smallest absolute Gasteiger partial charge is 0.248 e. The number of phenolic OH excluding ortho intramolecular Hbond substituents is 1. The van der Waals surface area contributed by atoms with Crippen molar-refractivity contribution >= 4 is 5.91 Å². The predicted octanol–water partition coefficient (Wildman–Crippen LogP) is 0.738. The van der Waals surface area contributed by atoms with Gasteiger partial charge in [-0.25, -0.2) is 0 Å². The highest BCUT2D eigenvalue weighted by molar-refractivity contribution is 5.77. The van der Waals surface area contributed by atoms with Crippen LogP contribution in [-0.4, -0.2) is 55.4 Å². The van der Waals surface area contributed by atoms with E-state index >= 15 is 0 Å². The molecule has 0 bridgehead atoms. The number of nitrogens with zero attached hydrogens (tertiary/aromatic N) is 1. The van der Waals surface area contributed by atoms with E-state index in [0.29, 0.717) is 12.3 Å². The summed E-state index contributed by atoms with van der Waals surface area (Å²) in [6.45, 7) is 4.05. The molecule has 1 fully saturated rings. The molecule has 1 heterocycles. The first kappa shape index (κ1) is 15.6. The van der Waals surface area contributed by atoms with Gasteiger partial charge in [0.2, 0.25) is 5.91 Å². The van der Waals surface area contributed by atoms with Crippen molar-refractivity contribution in [3.8, 4) is 11.5 Å². The lowest BCUT2D eigenvalue weighted by molar-refractivity contribution is -0.145. The third kappa shape index (κ3) is 3.86. The number of carbonyl (C=O) groups is 1. The number of likely N-dealkylation sites (N-methyl/N-ethyl adjacent to an activating group) is 1. The highest BCUT2D eigenvalue weighted by Gasteiger charge is 2.33. The first-order valence-electron chi connectivity index (χ1n) is 6.88. The molecule has 1 amide bonds. The van der Waals surface area contributed by atoms with Crippen LogP contribution in [-0.2, 0) is 16.1 Å². The molecule has 1 aliphatic heterocycles. The zero-order valence-electron chi connectivity index (χ0n) is 12.7. The minimum absolute atomic E-state index is 0.0733. The van der Waals surface area contributed by atoms with Crippen molar-refractivity contribution in [3.63, 3.8) is 0 Å². The van der Waals surface area contributed by atoms with Crippen LogP contribution >= 0.6 is 0 Å². The molecular formula is C15H22N2O4. The molecule has 1 saturated heterocycles. The molecule has 0 unspecified atom stereocenters. The fourth-order valence-electron chi connectivity index (χ4n) is 2.11. The highest BCUT2D eigenvalue weighted by atomic mass is 16.5. The molecule has 0 aliphatic carbocycles. The maximum atomic E-state index is 12.1. The van der Waals surface area contributed by atoms with Crippen LogP contribution in [0, 0.1) is 0 Å². The summed E-state index contributed by atoms with van der Waals surface area (Å²) in [5, 5.41) is 12.7. The van der Waals surface area contributed by atoms with Crippen LogP contribution in [0.3, 0.4) is 0 Å². The Morgan fingerprint density at radius 2 is 2.19 bits per heavy atom. The number of hydrogen-bond donors (Lipinski definition) is 2. The van der Waals surface area contributed by atoms with E-state index in [9.17, 15) is 9.90 Å². The Hall–Kier alpha value is -1.79. The van der Waals surface area contributed by atoms with E-state index < -0.39 is 0 Å². The lowest BCUT2D eigenvalue weighted by Gasteiger charge is -2.39. The molecule has 2 rings (SSSR count). The SMILES string of the molecule is COc1cc(CN(C)C(=O)COC2(C)CNC2)ccc1O. The van der Waals surface area contributed by atoms with Crippen LogP contribution in [0.25, 0.3) is 0 Å². The molecule has 0 atom stereocenters. The summed E-state index contributed by atoms with van der Waals surface area (Å²) in [6.07, 6.45) is 0. The van der Waals surface area contributed by atoms with Gasteiger partial charge in [-0.15, -0.1) is 0 Å². The summed E-state index contributed by atoms with van der Waals surface area (Å²) >= 11 is 0. The molecule has 0 radical (unpaired) electrons. The number of nitrogens with one attached hydrogen (secondary N) is 1. The molecule has 1 aromatic rings. The maximum absolute atomic E-state index is 12.1. The number of hydrogen-bond acceptors (Lipinski definition) is 5. The number of methoxy groups -OCH3 is 1. The van der Waals surface area contributed by atoms with Crippen molar-refractivity contribution in [3.05, 3.63) is 23.8 Å². The lowest BCUT2D eigenvalue weighted by Crippen LogP contribution is -2.59. The molecule has 21 heavy (non-hydrogen) atoms. The van der Waals surface area contributed by atoms with Gasteiger partial charge in [0, 0.05) is 26.7 Å². The fourth-order valence-corrected chi connectivity index (χ4v) is 2.11. The van der Waals surface area contributed by atoms with E-state index in [2.05, 4.69) is 5.32 Å². The summed E-state index contributed by atoms with van der Waals surface area (Å²) in [6, 6.07) is 5.04. The number of ether oxygens (including phenoxy) is 2. The molecule has 1 aliphatic rings. The monoisotopic (exact) mass is 294 g/mol. The second-order valence-corrected chi connectivity index (χ2v) is 5.60. The third-order valence-electron chi connectivity index (χ3n) is 3.63. The van der Waals surface area contributed by atoms with Crippen molar-refractivity contribution in [2.45, 2.75) is 19.1 Å². The standard InChI is InChI=1S/C15H22N2O4/c1-15(9-16-10-15)21-8-14(19)17(2)7-11-4-5-12(18)13(6-11)20-3/h4-6,16,18H,7-10H2,1-3H3. The van der Waals surface area contributed by atoms with Crippen LogP contribution in [0.4, 0.5) is 0 Å². The van der Waals surface area contributed by atoms with Crippen molar-refractivity contribution in [1.82, 2.24) is 10.2 Å². The van der Waals surface area contributed by atoms with Crippen molar-refractivity contribution < 1.29 is 19.4 Å². The van der Waals surface area contributed by atoms with Crippen LogP contribution in [0.2, 0.25) is 0 Å². The summed E-state index contributed by atoms with van der Waals surface area (Å²) in [5.74, 6) is 0.414. The van der Waals surface area contributed by atoms with E-state index in [1.54, 1.807) is 30.1 Å². The Bertz CT molecular complexity index is 514. The van der Waals surface area contributed by atoms with E-state index in [1.165, 1.54) is 7.11 Å². The average Bonchev–Trinajstić information content (AvgIpc) is 2.44. The van der Waals surface area contributed by atoms with Gasteiger partial charge in [0.25, 0.3) is 0 Å². The summed E-state index contributed by atoms with van der Waals surface area (Å²) in [4.78, 5) is 13.7. The normalized spacial score (nSPS) is 16.1. The Labute approximate surface area is 124 Å². The summed E-state index contributed by atoms with van der Waals surface area (Å²) in [5.41, 5.74) is 0.662. The van der Waals surface area contributed by atoms with Crippen LogP contribution in [0.1, 0.15) is 12.5 Å². The zero-order chi connectivity index (χ0) is 15.5. The van der Waals surface area contributed by atoms with Gasteiger partial charge in [0.05, 0.1) is 12.7 Å². The molecule has 6 nitrogen and oxygen atoms in total. The van der Waals surface area contributed by atoms with Gasteiger partial charge >= 0.3 is 0 Å². The largest absolute Gasteiger partial charge is 0.504 e. The van der Waals surface area contributed by atoms with E-state index in [-0.39, 0.29) is 23.9 Å². The van der Waals surface area contributed by atoms with E-state index in [4.69, 9.17) is 9.47 Å². The van der Waals surface area contributed by atoms with Crippen molar-refractivity contribution in [2.75, 3.05) is 33.9 Å². The maximum Gasteiger partial charge on any atom is 0.248 e. The molecule has 1 aromatic carbocycles. The average molecular weight is 294 g/mol. The topological polar surface area (TPSA) is 71.0 Å². The van der Waals surface area contributed by atoms with Gasteiger partial charge in [-0.3, -0.25) is 4.79 Å². The predicted molar refractivity (Wildman–Crippen MR) is 78.4 cm³/mol. The Kier molecular flexibility index (Phi) is 4.69. The molecule has 0 saturated carbocycles. The first-order valence-corrected chi connectivity index (χ1v) is 6.88. The van der Waals surface area contributed by atoms with Crippen LogP contribution in [0.5, 0.6) is 11.5 Å². The third-order valence-corrected chi connectivity index (χ3v) is 3.63. The number of carbonyl (C=O) groups excluding carboxylic acids is 1. The van der Waals surface area contributed by atoms with Gasteiger partial charge in [-0.2, -0.15) is 0 Å². The number of benzene rings is 1. The zero-order valence-corrected chi connectivity index (χ0v) is 12.7. The second-order valence-electron chi connectivity index (χ2n) is 5.60. The van der Waals surface area contributed by atoms with Crippen molar-refractivity contribution in [1.29, 1.82) is 0 Å². The first-order chi connectivity index (χ1) is 9.93. The van der Waals surface area contributed by atoms with Gasteiger partial charge in [0.1, 0.15) is 6.61 Å². The molecular weight excluding hydrogens is 272 g/mol. The quantitative estimate of drug-likeness (QED) is 0.809. The Morgan fingerprint density at radius 3 is 2.76 bits per heavy atom. The molecule has 2 N–H and O–H groups in total. The fraction of sp³-hybridized carbons (Fsp3) is 0.533. The Morgan fingerprint density at radius 1 is 1.48 bits per heavy atom. The Balaban J connectivity index is 1.88. The van der Waals surface area contributed by atoms with Crippen LogP contribution < -0.4 is 10.1 Å². The molecule has 6 heteroatoms. The molecule has 116 valence electrons. The van der Waals surface area contributed by atoms with E-state index in [0.717, 1.165) is 18.7 Å². The summed E-state index contributed by atoms with van der Waals surface area (Å²) in [7, 11) is 3.22.